The molecule has 96 valence electrons. The fraction of sp³-hybridized carbons (Fsp3) is 0.917. The second-order valence-electron chi connectivity index (χ2n) is 4.05. The molecule has 0 bridgehead atoms. The van der Waals surface area contributed by atoms with Gasteiger partial charge in [0.05, 0.1) is 6.54 Å². The van der Waals surface area contributed by atoms with Gasteiger partial charge in [0.25, 0.3) is 0 Å². The number of aliphatic carboxylic acids is 1. The maximum Gasteiger partial charge on any atom is 0.317 e. The van der Waals surface area contributed by atoms with E-state index in [1.807, 2.05) is 6.92 Å². The molecule has 1 aliphatic rings. The maximum absolute atomic E-state index is 9.70. The van der Waals surface area contributed by atoms with Crippen molar-refractivity contribution >= 4 is 14.6 Å². The van der Waals surface area contributed by atoms with Crippen molar-refractivity contribution in [1.82, 2.24) is 5.32 Å². The third-order valence-electron chi connectivity index (χ3n) is 2.48. The van der Waals surface area contributed by atoms with Gasteiger partial charge in [0, 0.05) is 0 Å². The smallest absolute Gasteiger partial charge is 0.317 e. The molecule has 1 aliphatic heterocycles. The summed E-state index contributed by atoms with van der Waals surface area (Å²) in [5.41, 5.74) is 0. The number of carboxylic acids is 1. The van der Waals surface area contributed by atoms with Crippen LogP contribution >= 0.6 is 8.58 Å². The summed E-state index contributed by atoms with van der Waals surface area (Å²) in [6.45, 7) is 2.64. The number of nitrogens with one attached hydrogen (secondary N) is 1. The molecule has 1 fully saturated rings. The Labute approximate surface area is 101 Å². The van der Waals surface area contributed by atoms with Gasteiger partial charge in [-0.1, -0.05) is 32.6 Å². The number of likely N-dealkylation sites (N-methyl/N-ethyl adjacent to an activating group) is 1. The molecule has 0 aromatic carbocycles. The molecule has 0 spiro atoms. The largest absolute Gasteiger partial charge is 0.480 e. The number of hydrogen-bond acceptors (Lipinski definition) is 2. The summed E-state index contributed by atoms with van der Waals surface area (Å²) in [5, 5.41) is 10.6. The summed E-state index contributed by atoms with van der Waals surface area (Å²) in [6.07, 6.45) is 12.1. The summed E-state index contributed by atoms with van der Waals surface area (Å²) in [7, 11) is 1.29. The fourth-order valence-electron chi connectivity index (χ4n) is 1.56. The van der Waals surface area contributed by atoms with Crippen molar-refractivity contribution in [3.8, 4) is 0 Å². The van der Waals surface area contributed by atoms with Crippen LogP contribution in [-0.4, -0.2) is 36.5 Å². The van der Waals surface area contributed by atoms with Crippen LogP contribution in [0.5, 0.6) is 0 Å². The summed E-state index contributed by atoms with van der Waals surface area (Å²) < 4.78 is 0. The second kappa shape index (κ2) is 12.9. The highest BCUT2D eigenvalue weighted by Crippen LogP contribution is 2.20. The van der Waals surface area contributed by atoms with E-state index in [0.717, 1.165) is 0 Å². The molecule has 0 radical (unpaired) electrons. The van der Waals surface area contributed by atoms with E-state index in [4.69, 9.17) is 5.11 Å². The van der Waals surface area contributed by atoms with Gasteiger partial charge in [0.2, 0.25) is 0 Å². The van der Waals surface area contributed by atoms with E-state index in [1.54, 1.807) is 0 Å². The van der Waals surface area contributed by atoms with E-state index in [-0.39, 0.29) is 6.54 Å². The first-order chi connectivity index (χ1) is 7.77. The molecule has 2 N–H and O–H groups in total. The van der Waals surface area contributed by atoms with E-state index in [1.165, 1.54) is 59.4 Å². The summed E-state index contributed by atoms with van der Waals surface area (Å²) >= 11 is 0. The first kappa shape index (κ1) is 15.9. The lowest BCUT2D eigenvalue weighted by molar-refractivity contribution is -0.135. The van der Waals surface area contributed by atoms with Crippen molar-refractivity contribution in [2.75, 3.05) is 25.4 Å². The minimum atomic E-state index is -0.804. The Morgan fingerprint density at radius 1 is 1.12 bits per heavy atom. The zero-order valence-corrected chi connectivity index (χ0v) is 11.4. The zero-order chi connectivity index (χ0) is 12.1. The molecular weight excluding hydrogens is 221 g/mol. The number of carboxylic acid groups (broad SMARTS) is 1. The highest BCUT2D eigenvalue weighted by Gasteiger charge is 1.95. The van der Waals surface area contributed by atoms with Gasteiger partial charge < -0.3 is 10.4 Å². The minimum absolute atomic E-state index is 0.0660. The van der Waals surface area contributed by atoms with Crippen LogP contribution in [-0.2, 0) is 4.79 Å². The Morgan fingerprint density at radius 3 is 2.00 bits per heavy atom. The molecule has 3 nitrogen and oxygen atoms in total. The van der Waals surface area contributed by atoms with E-state index in [0.29, 0.717) is 6.54 Å². The Balaban J connectivity index is 0.000000293. The SMILES string of the molecule is C1CCCCPCCC1.CCNCC(=O)O. The Hall–Kier alpha value is -0.140. The van der Waals surface area contributed by atoms with Crippen LogP contribution in [0.3, 0.4) is 0 Å². The highest BCUT2D eigenvalue weighted by atomic mass is 31.1. The van der Waals surface area contributed by atoms with Crippen LogP contribution in [0.4, 0.5) is 0 Å². The predicted octanol–water partition coefficient (Wildman–Crippen LogP) is 2.70. The monoisotopic (exact) mass is 247 g/mol. The molecule has 1 rings (SSSR count). The molecule has 0 amide bonds. The molecule has 0 saturated carbocycles. The molecule has 1 heterocycles. The van der Waals surface area contributed by atoms with Crippen LogP contribution in [0.2, 0.25) is 0 Å². The maximum atomic E-state index is 9.70. The van der Waals surface area contributed by atoms with Gasteiger partial charge in [-0.2, -0.15) is 0 Å². The molecular formula is C12H26NO2P. The van der Waals surface area contributed by atoms with Crippen molar-refractivity contribution in [3.05, 3.63) is 0 Å². The van der Waals surface area contributed by atoms with Crippen LogP contribution < -0.4 is 5.32 Å². The van der Waals surface area contributed by atoms with Gasteiger partial charge >= 0.3 is 5.97 Å². The lowest BCUT2D eigenvalue weighted by Crippen LogP contribution is -2.21. The standard InChI is InChI=1S/C8H17P.C4H9NO2/c1-2-4-6-8-9-7-5-3-1;1-2-5-3-4(6)7/h9H,1-8H2;5H,2-3H2,1H3,(H,6,7). The molecule has 0 unspecified atom stereocenters. The Kier molecular flexibility index (Phi) is 12.8. The normalized spacial score (nSPS) is 17.3. The molecule has 0 aliphatic carbocycles. The number of hydrogen-bond donors (Lipinski definition) is 2. The molecule has 0 aromatic heterocycles. The van der Waals surface area contributed by atoms with Crippen LogP contribution in [0.25, 0.3) is 0 Å². The van der Waals surface area contributed by atoms with Crippen molar-refractivity contribution < 1.29 is 9.90 Å². The first-order valence-electron chi connectivity index (χ1n) is 6.40. The van der Waals surface area contributed by atoms with Crippen molar-refractivity contribution in [2.45, 2.75) is 45.4 Å². The topological polar surface area (TPSA) is 49.3 Å². The van der Waals surface area contributed by atoms with Gasteiger partial charge in [-0.15, -0.1) is 8.58 Å². The average molecular weight is 247 g/mol. The fourth-order valence-corrected chi connectivity index (χ4v) is 2.81. The highest BCUT2D eigenvalue weighted by molar-refractivity contribution is 7.37. The van der Waals surface area contributed by atoms with Crippen LogP contribution in [0, 0.1) is 0 Å². The lowest BCUT2D eigenvalue weighted by atomic mass is 10.1. The summed E-state index contributed by atoms with van der Waals surface area (Å²) in [6, 6.07) is 0. The zero-order valence-electron chi connectivity index (χ0n) is 10.4. The van der Waals surface area contributed by atoms with Crippen molar-refractivity contribution in [1.29, 1.82) is 0 Å². The van der Waals surface area contributed by atoms with Crippen LogP contribution in [0.1, 0.15) is 45.4 Å². The number of rotatable bonds is 3. The molecule has 16 heavy (non-hydrogen) atoms. The predicted molar refractivity (Wildman–Crippen MR) is 71.9 cm³/mol. The summed E-state index contributed by atoms with van der Waals surface area (Å²) in [4.78, 5) is 9.70. The van der Waals surface area contributed by atoms with Gasteiger partial charge in [-0.3, -0.25) is 4.79 Å². The Bertz CT molecular complexity index is 137. The molecule has 0 aromatic rings. The lowest BCUT2D eigenvalue weighted by Gasteiger charge is -1.94. The van der Waals surface area contributed by atoms with Gasteiger partial charge in [0.1, 0.15) is 0 Å². The number of carbonyl (C=O) groups is 1. The third kappa shape index (κ3) is 13.9. The Morgan fingerprint density at radius 2 is 1.62 bits per heavy atom. The van der Waals surface area contributed by atoms with Gasteiger partial charge in [-0.25, -0.2) is 0 Å². The summed E-state index contributed by atoms with van der Waals surface area (Å²) in [5.74, 6) is -0.804. The van der Waals surface area contributed by atoms with E-state index < -0.39 is 5.97 Å². The second-order valence-corrected chi connectivity index (χ2v) is 5.55. The van der Waals surface area contributed by atoms with Crippen LogP contribution in [0.15, 0.2) is 0 Å². The van der Waals surface area contributed by atoms with Gasteiger partial charge in [-0.05, 0) is 31.7 Å². The van der Waals surface area contributed by atoms with Crippen molar-refractivity contribution in [2.24, 2.45) is 0 Å². The van der Waals surface area contributed by atoms with E-state index >= 15 is 0 Å². The van der Waals surface area contributed by atoms with Crippen molar-refractivity contribution in [3.63, 3.8) is 0 Å². The molecule has 4 heteroatoms. The molecule has 0 atom stereocenters. The van der Waals surface area contributed by atoms with E-state index in [9.17, 15) is 4.79 Å². The van der Waals surface area contributed by atoms with Gasteiger partial charge in [0.15, 0.2) is 0 Å². The first-order valence-corrected chi connectivity index (χ1v) is 7.82. The van der Waals surface area contributed by atoms with E-state index in [2.05, 4.69) is 5.32 Å². The molecule has 1 saturated heterocycles. The quantitative estimate of drug-likeness (QED) is 0.754. The average Bonchev–Trinajstić information content (AvgIpc) is 2.42. The third-order valence-corrected chi connectivity index (χ3v) is 3.90. The minimum Gasteiger partial charge on any atom is -0.480 e.